The van der Waals surface area contributed by atoms with Crippen LogP contribution in [0.4, 0.5) is 10.2 Å². The molecule has 0 bridgehead atoms. The monoisotopic (exact) mass is 377 g/mol. The van der Waals surface area contributed by atoms with Crippen LogP contribution in [0.15, 0.2) is 48.5 Å². The molecular weight excluding hydrogens is 357 g/mol. The predicted molar refractivity (Wildman–Crippen MR) is 109 cm³/mol. The van der Waals surface area contributed by atoms with Crippen LogP contribution in [0.3, 0.4) is 0 Å². The number of para-hydroxylation sites is 2. The summed E-state index contributed by atoms with van der Waals surface area (Å²) in [5.41, 5.74) is 23.0. The summed E-state index contributed by atoms with van der Waals surface area (Å²) in [6.45, 7) is 1.96. The molecule has 0 aliphatic heterocycles. The first-order valence-electron chi connectivity index (χ1n) is 8.83. The molecule has 28 heavy (non-hydrogen) atoms. The van der Waals surface area contributed by atoms with Crippen molar-refractivity contribution in [2.45, 2.75) is 13.3 Å². The third-order valence-corrected chi connectivity index (χ3v) is 4.61. The highest BCUT2D eigenvalue weighted by molar-refractivity contribution is 5.86. The number of nitrogens with two attached hydrogens (primary N) is 3. The molecule has 0 saturated carbocycles. The van der Waals surface area contributed by atoms with Crippen molar-refractivity contribution < 1.29 is 4.39 Å². The number of H-pyrrole nitrogens is 1. The second-order valence-electron chi connectivity index (χ2n) is 6.38. The van der Waals surface area contributed by atoms with Gasteiger partial charge in [0.2, 0.25) is 0 Å². The van der Waals surface area contributed by atoms with Crippen LogP contribution in [0.1, 0.15) is 18.4 Å². The van der Waals surface area contributed by atoms with Gasteiger partial charge in [0.1, 0.15) is 17.3 Å². The van der Waals surface area contributed by atoms with Gasteiger partial charge in [0.05, 0.1) is 16.7 Å². The van der Waals surface area contributed by atoms with Crippen molar-refractivity contribution >= 4 is 28.4 Å². The number of nitrogens with zero attached hydrogens (tertiary/aromatic N) is 3. The fraction of sp³-hybridized carbons (Fsp3) is 0.100. The Morgan fingerprint density at radius 2 is 1.82 bits per heavy atom. The van der Waals surface area contributed by atoms with Crippen LogP contribution < -0.4 is 17.2 Å². The van der Waals surface area contributed by atoms with Crippen molar-refractivity contribution in [3.63, 3.8) is 0 Å². The third kappa shape index (κ3) is 2.84. The van der Waals surface area contributed by atoms with Gasteiger partial charge >= 0.3 is 0 Å². The van der Waals surface area contributed by atoms with Crippen molar-refractivity contribution in [1.29, 1.82) is 0 Å². The van der Waals surface area contributed by atoms with Gasteiger partial charge in [-0.2, -0.15) is 9.78 Å². The molecule has 0 unspecified atom stereocenters. The van der Waals surface area contributed by atoms with E-state index in [1.807, 2.05) is 31.2 Å². The Kier molecular flexibility index (Phi) is 4.23. The Morgan fingerprint density at radius 3 is 2.50 bits per heavy atom. The topological polar surface area (TPSA) is 125 Å². The molecule has 142 valence electrons. The molecule has 0 spiro atoms. The molecule has 4 aromatic rings. The van der Waals surface area contributed by atoms with Crippen molar-refractivity contribution in [2.24, 2.45) is 11.5 Å². The Bertz CT molecular complexity index is 1150. The summed E-state index contributed by atoms with van der Waals surface area (Å²) >= 11 is 0. The molecule has 0 amide bonds. The lowest BCUT2D eigenvalue weighted by Gasteiger charge is -2.08. The van der Waals surface area contributed by atoms with E-state index in [1.54, 1.807) is 12.1 Å². The predicted octanol–water partition coefficient (Wildman–Crippen LogP) is 2.91. The molecular formula is C20H20FN7. The number of aryl methyl sites for hydroxylation is 1. The number of nitrogen functional groups attached to an aromatic ring is 1. The molecule has 0 aliphatic carbocycles. The molecule has 8 heteroatoms. The summed E-state index contributed by atoms with van der Waals surface area (Å²) in [6, 6.07) is 13.7. The fourth-order valence-electron chi connectivity index (χ4n) is 3.16. The molecule has 2 aromatic heterocycles. The molecule has 0 atom stereocenters. The Labute approximate surface area is 160 Å². The number of hydrogen-bond donors (Lipinski definition) is 4. The third-order valence-electron chi connectivity index (χ3n) is 4.61. The van der Waals surface area contributed by atoms with Crippen molar-refractivity contribution in [3.05, 3.63) is 65.9 Å². The number of fused-ring (bicyclic) bond motifs is 1. The largest absolute Gasteiger partial charge is 0.393 e. The SMILES string of the molecule is CCc1nn(/C(N)=C(\N)c2nc3ccccc3[nH]2)c(N)c1-c1ccc(F)cc1. The van der Waals surface area contributed by atoms with E-state index in [1.165, 1.54) is 16.8 Å². The molecule has 2 aromatic carbocycles. The maximum atomic E-state index is 13.3. The molecule has 7 N–H and O–H groups in total. The number of halogens is 1. The smallest absolute Gasteiger partial charge is 0.158 e. The van der Waals surface area contributed by atoms with Gasteiger partial charge in [0, 0.05) is 5.56 Å². The van der Waals surface area contributed by atoms with Gasteiger partial charge in [-0.3, -0.25) is 0 Å². The number of hydrogen-bond acceptors (Lipinski definition) is 5. The van der Waals surface area contributed by atoms with E-state index in [9.17, 15) is 4.39 Å². The lowest BCUT2D eigenvalue weighted by molar-refractivity contribution is 0.628. The number of benzene rings is 2. The lowest BCUT2D eigenvalue weighted by Crippen LogP contribution is -2.17. The minimum atomic E-state index is -0.318. The van der Waals surface area contributed by atoms with Crippen LogP contribution in [0.25, 0.3) is 33.7 Å². The van der Waals surface area contributed by atoms with Crippen molar-refractivity contribution in [2.75, 3.05) is 5.73 Å². The summed E-state index contributed by atoms with van der Waals surface area (Å²) in [5, 5.41) is 4.52. The zero-order valence-corrected chi connectivity index (χ0v) is 15.3. The van der Waals surface area contributed by atoms with Gasteiger partial charge < -0.3 is 22.2 Å². The summed E-state index contributed by atoms with van der Waals surface area (Å²) in [5.74, 6) is 0.621. The van der Waals surface area contributed by atoms with E-state index in [2.05, 4.69) is 15.1 Å². The molecule has 0 aliphatic rings. The standard InChI is InChI=1S/C20H20FN7/c1-2-13-16(11-7-9-12(21)10-8-11)18(23)28(27-13)19(24)17(22)20-25-14-5-3-4-6-15(14)26-20/h3-10H,2,22-24H2,1H3,(H,25,26)/b19-17-. The number of nitrogens with one attached hydrogen (secondary N) is 1. The Morgan fingerprint density at radius 1 is 1.11 bits per heavy atom. The van der Waals surface area contributed by atoms with E-state index in [4.69, 9.17) is 17.2 Å². The molecule has 2 heterocycles. The second-order valence-corrected chi connectivity index (χ2v) is 6.38. The first-order valence-corrected chi connectivity index (χ1v) is 8.83. The van der Waals surface area contributed by atoms with Gasteiger partial charge in [-0.05, 0) is 36.2 Å². The molecule has 0 saturated heterocycles. The van der Waals surface area contributed by atoms with Crippen LogP contribution in [0.2, 0.25) is 0 Å². The Balaban J connectivity index is 1.83. The normalized spacial score (nSPS) is 12.4. The van der Waals surface area contributed by atoms with Gasteiger partial charge in [-0.25, -0.2) is 9.37 Å². The highest BCUT2D eigenvalue weighted by Crippen LogP contribution is 2.32. The molecule has 0 fully saturated rings. The minimum absolute atomic E-state index is 0.166. The number of anilines is 1. The first kappa shape index (κ1) is 17.6. The van der Waals surface area contributed by atoms with E-state index in [-0.39, 0.29) is 17.3 Å². The second kappa shape index (κ2) is 6.73. The number of rotatable bonds is 4. The molecule has 4 rings (SSSR count). The maximum absolute atomic E-state index is 13.3. The summed E-state index contributed by atoms with van der Waals surface area (Å²) in [4.78, 5) is 7.61. The molecule has 7 nitrogen and oxygen atoms in total. The zero-order valence-electron chi connectivity index (χ0n) is 15.3. The van der Waals surface area contributed by atoms with Gasteiger partial charge in [0.25, 0.3) is 0 Å². The van der Waals surface area contributed by atoms with Crippen LogP contribution in [0, 0.1) is 5.82 Å². The first-order chi connectivity index (χ1) is 13.5. The average Bonchev–Trinajstić information content (AvgIpc) is 3.28. The summed E-state index contributed by atoms with van der Waals surface area (Å²) < 4.78 is 14.7. The van der Waals surface area contributed by atoms with Crippen LogP contribution in [-0.2, 0) is 6.42 Å². The van der Waals surface area contributed by atoms with Crippen molar-refractivity contribution in [1.82, 2.24) is 19.7 Å². The zero-order chi connectivity index (χ0) is 19.8. The quantitative estimate of drug-likeness (QED) is 0.435. The van der Waals surface area contributed by atoms with Crippen molar-refractivity contribution in [3.8, 4) is 11.1 Å². The summed E-state index contributed by atoms with van der Waals surface area (Å²) in [6.07, 6.45) is 0.627. The number of imidazole rings is 1. The maximum Gasteiger partial charge on any atom is 0.158 e. The van der Waals surface area contributed by atoms with Crippen LogP contribution in [0.5, 0.6) is 0 Å². The minimum Gasteiger partial charge on any atom is -0.393 e. The van der Waals surface area contributed by atoms with Gasteiger partial charge in [-0.15, -0.1) is 0 Å². The number of aromatic nitrogens is 4. The summed E-state index contributed by atoms with van der Waals surface area (Å²) in [7, 11) is 0. The van der Waals surface area contributed by atoms with E-state index >= 15 is 0 Å². The van der Waals surface area contributed by atoms with E-state index in [0.717, 1.165) is 22.3 Å². The molecule has 0 radical (unpaired) electrons. The lowest BCUT2D eigenvalue weighted by atomic mass is 10.0. The number of aromatic amines is 1. The Hall–Kier alpha value is -3.81. The van der Waals surface area contributed by atoms with E-state index < -0.39 is 0 Å². The van der Waals surface area contributed by atoms with Crippen LogP contribution >= 0.6 is 0 Å². The highest BCUT2D eigenvalue weighted by atomic mass is 19.1. The highest BCUT2D eigenvalue weighted by Gasteiger charge is 2.20. The van der Waals surface area contributed by atoms with Gasteiger partial charge in [0.15, 0.2) is 11.6 Å². The average molecular weight is 377 g/mol. The van der Waals surface area contributed by atoms with Gasteiger partial charge in [-0.1, -0.05) is 31.2 Å². The van der Waals surface area contributed by atoms with Crippen LogP contribution in [-0.4, -0.2) is 19.7 Å². The van der Waals surface area contributed by atoms with E-state index in [0.29, 0.717) is 23.6 Å². The fourth-order valence-corrected chi connectivity index (χ4v) is 3.16.